The molecule has 0 aliphatic rings. The van der Waals surface area contributed by atoms with Gasteiger partial charge in [0.15, 0.2) is 0 Å². The average molecular weight is 295 g/mol. The van der Waals surface area contributed by atoms with E-state index in [9.17, 15) is 0 Å². The first kappa shape index (κ1) is 17.8. The fourth-order valence-electron chi connectivity index (χ4n) is 1.82. The lowest BCUT2D eigenvalue weighted by atomic mass is 10.1. The van der Waals surface area contributed by atoms with E-state index in [4.69, 9.17) is 14.2 Å². The minimum absolute atomic E-state index is 0.167. The predicted octanol–water partition coefficient (Wildman–Crippen LogP) is 3.39. The average Bonchev–Trinajstić information content (AvgIpc) is 2.47. The van der Waals surface area contributed by atoms with E-state index in [-0.39, 0.29) is 5.60 Å². The normalized spacial score (nSPS) is 11.5. The molecule has 0 heterocycles. The molecule has 0 aromatic heterocycles. The van der Waals surface area contributed by atoms with E-state index in [0.29, 0.717) is 6.61 Å². The minimum Gasteiger partial charge on any atom is -0.493 e. The molecule has 0 amide bonds. The monoisotopic (exact) mass is 295 g/mol. The van der Waals surface area contributed by atoms with Gasteiger partial charge in [-0.3, -0.25) is 0 Å². The summed E-state index contributed by atoms with van der Waals surface area (Å²) in [5.41, 5.74) is 0.969. The highest BCUT2D eigenvalue weighted by molar-refractivity contribution is 5.40. The Hall–Kier alpha value is -1.26. The molecule has 0 aliphatic carbocycles. The van der Waals surface area contributed by atoms with Gasteiger partial charge in [-0.05, 0) is 33.4 Å². The van der Waals surface area contributed by atoms with Crippen molar-refractivity contribution in [3.8, 4) is 11.5 Å². The van der Waals surface area contributed by atoms with Crippen LogP contribution in [0.15, 0.2) is 18.2 Å². The molecule has 1 rings (SSSR count). The molecule has 0 spiro atoms. The molecule has 120 valence electrons. The van der Waals surface area contributed by atoms with Gasteiger partial charge in [-0.25, -0.2) is 0 Å². The third kappa shape index (κ3) is 6.36. The number of nitrogens with one attached hydrogen (secondary N) is 1. The zero-order valence-corrected chi connectivity index (χ0v) is 14.0. The van der Waals surface area contributed by atoms with Gasteiger partial charge >= 0.3 is 0 Å². The third-order valence-electron chi connectivity index (χ3n) is 3.39. The minimum atomic E-state index is -0.167. The highest BCUT2D eigenvalue weighted by Gasteiger charge is 2.16. The van der Waals surface area contributed by atoms with Crippen molar-refractivity contribution in [1.82, 2.24) is 5.32 Å². The van der Waals surface area contributed by atoms with Gasteiger partial charge in [0, 0.05) is 31.7 Å². The summed E-state index contributed by atoms with van der Waals surface area (Å²) < 4.78 is 17.0. The number of ether oxygens (including phenoxy) is 3. The number of methoxy groups -OCH3 is 1. The lowest BCUT2D eigenvalue weighted by Gasteiger charge is -2.23. The van der Waals surface area contributed by atoms with Gasteiger partial charge in [0.1, 0.15) is 11.5 Å². The van der Waals surface area contributed by atoms with Crippen LogP contribution < -0.4 is 14.8 Å². The van der Waals surface area contributed by atoms with Crippen LogP contribution in [0.25, 0.3) is 0 Å². The van der Waals surface area contributed by atoms with Gasteiger partial charge in [-0.2, -0.15) is 0 Å². The van der Waals surface area contributed by atoms with Crippen LogP contribution in [0, 0.1) is 0 Å². The van der Waals surface area contributed by atoms with Crippen molar-refractivity contribution in [3.05, 3.63) is 23.8 Å². The van der Waals surface area contributed by atoms with E-state index < -0.39 is 0 Å². The van der Waals surface area contributed by atoms with E-state index in [1.165, 1.54) is 0 Å². The molecule has 0 radical (unpaired) electrons. The predicted molar refractivity (Wildman–Crippen MR) is 86.2 cm³/mol. The van der Waals surface area contributed by atoms with Crippen molar-refractivity contribution < 1.29 is 14.2 Å². The summed E-state index contributed by atoms with van der Waals surface area (Å²) in [6, 6.07) is 6.02. The van der Waals surface area contributed by atoms with Crippen LogP contribution in [0.2, 0.25) is 0 Å². The van der Waals surface area contributed by atoms with Crippen LogP contribution in [0.1, 0.15) is 39.2 Å². The molecule has 0 fully saturated rings. The van der Waals surface area contributed by atoms with Gasteiger partial charge in [0.2, 0.25) is 0 Å². The summed E-state index contributed by atoms with van der Waals surface area (Å²) >= 11 is 0. The summed E-state index contributed by atoms with van der Waals surface area (Å²) in [7, 11) is 3.66. The molecule has 1 N–H and O–H groups in total. The Morgan fingerprint density at radius 1 is 1.14 bits per heavy atom. The molecule has 0 aliphatic heterocycles. The van der Waals surface area contributed by atoms with Crippen LogP contribution in [0.5, 0.6) is 11.5 Å². The Bertz CT molecular complexity index is 418. The molecule has 4 heteroatoms. The number of rotatable bonds is 10. The molecule has 0 bridgehead atoms. The van der Waals surface area contributed by atoms with Gasteiger partial charge in [0.25, 0.3) is 0 Å². The summed E-state index contributed by atoms with van der Waals surface area (Å²) in [6.45, 7) is 8.34. The van der Waals surface area contributed by atoms with Gasteiger partial charge < -0.3 is 19.5 Å². The van der Waals surface area contributed by atoms with E-state index in [0.717, 1.165) is 43.1 Å². The lowest BCUT2D eigenvalue weighted by molar-refractivity contribution is 0.00536. The zero-order chi connectivity index (χ0) is 15.7. The molecular formula is C17H29NO3. The Balaban J connectivity index is 2.71. The Labute approximate surface area is 128 Å². The first-order valence-electron chi connectivity index (χ1n) is 7.60. The molecule has 0 unspecified atom stereocenters. The second kappa shape index (κ2) is 8.90. The van der Waals surface area contributed by atoms with Crippen LogP contribution in [0.4, 0.5) is 0 Å². The van der Waals surface area contributed by atoms with E-state index in [2.05, 4.69) is 32.2 Å². The fourth-order valence-corrected chi connectivity index (χ4v) is 1.82. The largest absolute Gasteiger partial charge is 0.493 e. The maximum absolute atomic E-state index is 5.95. The third-order valence-corrected chi connectivity index (χ3v) is 3.39. The molecule has 4 nitrogen and oxygen atoms in total. The SMILES string of the molecule is CCCOc1ccc(CNC)c(OCCC(C)(C)OC)c1. The van der Waals surface area contributed by atoms with Crippen LogP contribution in [0.3, 0.4) is 0 Å². The van der Waals surface area contributed by atoms with E-state index >= 15 is 0 Å². The molecular weight excluding hydrogens is 266 g/mol. The van der Waals surface area contributed by atoms with Gasteiger partial charge in [-0.15, -0.1) is 0 Å². The van der Waals surface area contributed by atoms with Crippen LogP contribution >= 0.6 is 0 Å². The molecule has 0 saturated heterocycles. The number of hydrogen-bond acceptors (Lipinski definition) is 4. The summed E-state index contributed by atoms with van der Waals surface area (Å²) in [5.74, 6) is 1.74. The highest BCUT2D eigenvalue weighted by atomic mass is 16.5. The van der Waals surface area contributed by atoms with Gasteiger partial charge in [0.05, 0.1) is 18.8 Å². The van der Waals surface area contributed by atoms with Crippen molar-refractivity contribution in [2.24, 2.45) is 0 Å². The maximum atomic E-state index is 5.95. The topological polar surface area (TPSA) is 39.7 Å². The fraction of sp³-hybridized carbons (Fsp3) is 0.647. The van der Waals surface area contributed by atoms with Gasteiger partial charge in [-0.1, -0.05) is 13.0 Å². The number of hydrogen-bond donors (Lipinski definition) is 1. The first-order valence-corrected chi connectivity index (χ1v) is 7.60. The Kier molecular flexibility index (Phi) is 7.54. The molecule has 0 saturated carbocycles. The van der Waals surface area contributed by atoms with E-state index in [1.807, 2.05) is 19.2 Å². The first-order chi connectivity index (χ1) is 10.0. The molecule has 21 heavy (non-hydrogen) atoms. The quantitative estimate of drug-likeness (QED) is 0.718. The summed E-state index contributed by atoms with van der Waals surface area (Å²) in [6.07, 6.45) is 1.83. The molecule has 1 aromatic rings. The van der Waals surface area contributed by atoms with Crippen molar-refractivity contribution >= 4 is 0 Å². The molecule has 0 atom stereocenters. The van der Waals surface area contributed by atoms with Crippen molar-refractivity contribution in [2.75, 3.05) is 27.4 Å². The summed E-state index contributed by atoms with van der Waals surface area (Å²) in [4.78, 5) is 0. The van der Waals surface area contributed by atoms with Crippen LogP contribution in [-0.4, -0.2) is 33.0 Å². The highest BCUT2D eigenvalue weighted by Crippen LogP contribution is 2.26. The molecule has 1 aromatic carbocycles. The van der Waals surface area contributed by atoms with Crippen molar-refractivity contribution in [1.29, 1.82) is 0 Å². The number of benzene rings is 1. The second-order valence-electron chi connectivity index (χ2n) is 5.71. The maximum Gasteiger partial charge on any atom is 0.127 e. The zero-order valence-electron chi connectivity index (χ0n) is 14.0. The Morgan fingerprint density at radius 2 is 1.90 bits per heavy atom. The van der Waals surface area contributed by atoms with E-state index in [1.54, 1.807) is 7.11 Å². The van der Waals surface area contributed by atoms with Crippen molar-refractivity contribution in [2.45, 2.75) is 45.8 Å². The van der Waals surface area contributed by atoms with Crippen molar-refractivity contribution in [3.63, 3.8) is 0 Å². The van der Waals surface area contributed by atoms with Crippen LogP contribution in [-0.2, 0) is 11.3 Å². The summed E-state index contributed by atoms with van der Waals surface area (Å²) in [5, 5.41) is 3.16. The smallest absolute Gasteiger partial charge is 0.127 e. The lowest BCUT2D eigenvalue weighted by Crippen LogP contribution is -2.25. The standard InChI is InChI=1S/C17H29NO3/c1-6-10-20-15-8-7-14(13-18-4)16(12-15)21-11-9-17(2,3)19-5/h7-8,12,18H,6,9-11,13H2,1-5H3. The Morgan fingerprint density at radius 3 is 2.52 bits per heavy atom. The second-order valence-corrected chi connectivity index (χ2v) is 5.71.